The molecule has 0 heterocycles. The van der Waals surface area contributed by atoms with Gasteiger partial charge in [-0.2, -0.15) is 30.3 Å². The first kappa shape index (κ1) is 14.0. The van der Waals surface area contributed by atoms with E-state index < -0.39 is 0 Å². The van der Waals surface area contributed by atoms with Crippen LogP contribution in [0.4, 0.5) is 5.69 Å². The first-order chi connectivity index (χ1) is 6.79. The topological polar surface area (TPSA) is 46.2 Å². The summed E-state index contributed by atoms with van der Waals surface area (Å²) in [6.07, 6.45) is 0. The summed E-state index contributed by atoms with van der Waals surface area (Å²) in [5.74, 6) is 0.322. The van der Waals surface area contributed by atoms with Crippen LogP contribution in [0.15, 0.2) is 54.6 Å². The van der Waals surface area contributed by atoms with Gasteiger partial charge in [-0.3, -0.25) is 0 Å². The predicted molar refractivity (Wildman–Crippen MR) is 57.8 cm³/mol. The molecule has 2 rings (SSSR count). The Morgan fingerprint density at radius 1 is 1.00 bits per heavy atom. The molecule has 2 aromatic rings. The van der Waals surface area contributed by atoms with Crippen LogP contribution >= 0.6 is 0 Å². The summed E-state index contributed by atoms with van der Waals surface area (Å²) in [5, 5.41) is 8.63. The molecule has 0 aliphatic rings. The quantitative estimate of drug-likeness (QED) is 0.348. The zero-order valence-corrected chi connectivity index (χ0v) is 10.7. The summed E-state index contributed by atoms with van der Waals surface area (Å²) >= 11 is 0. The molecule has 0 bridgehead atoms. The van der Waals surface area contributed by atoms with Gasteiger partial charge in [-0.1, -0.05) is 23.9 Å². The van der Waals surface area contributed by atoms with Crippen molar-refractivity contribution in [2.45, 2.75) is 0 Å². The molecule has 0 amide bonds. The zero-order valence-electron chi connectivity index (χ0n) is 8.72. The van der Waals surface area contributed by atoms with Gasteiger partial charge in [0.15, 0.2) is 0 Å². The van der Waals surface area contributed by atoms with Gasteiger partial charge in [0.25, 0.3) is 0 Å². The molecular weight excluding hydrogens is 197 g/mol. The monoisotopic (exact) mass is 209 g/mol. The van der Waals surface area contributed by atoms with Crippen molar-refractivity contribution in [2.75, 3.05) is 5.73 Å². The van der Waals surface area contributed by atoms with Gasteiger partial charge in [0, 0.05) is 0 Å². The largest absolute Gasteiger partial charge is 1.00 e. The molecular formula is C12H12NNaO. The van der Waals surface area contributed by atoms with E-state index >= 15 is 0 Å². The maximum absolute atomic E-state index is 8.63. The van der Waals surface area contributed by atoms with Crippen LogP contribution in [0.5, 0.6) is 5.75 Å². The van der Waals surface area contributed by atoms with Gasteiger partial charge in [0.05, 0.1) is 0 Å². The Hall–Kier alpha value is -0.960. The molecule has 0 atom stereocenters. The van der Waals surface area contributed by atoms with Crippen LogP contribution < -0.4 is 35.3 Å². The SMILES string of the molecule is Nc1c[c-]ccc1.Oc1ccccc1.[Na+]. The summed E-state index contributed by atoms with van der Waals surface area (Å²) in [4.78, 5) is 0. The summed E-state index contributed by atoms with van der Waals surface area (Å²) in [7, 11) is 0. The number of hydrogen-bond acceptors (Lipinski definition) is 2. The second-order valence-electron chi connectivity index (χ2n) is 2.67. The maximum atomic E-state index is 8.63. The number of nitrogens with two attached hydrogens (primary N) is 1. The van der Waals surface area contributed by atoms with E-state index in [4.69, 9.17) is 10.8 Å². The van der Waals surface area contributed by atoms with Gasteiger partial charge in [-0.25, -0.2) is 0 Å². The van der Waals surface area contributed by atoms with Crippen molar-refractivity contribution in [1.29, 1.82) is 0 Å². The first-order valence-corrected chi connectivity index (χ1v) is 4.24. The summed E-state index contributed by atoms with van der Waals surface area (Å²) in [6, 6.07) is 18.8. The number of anilines is 1. The number of hydrogen-bond donors (Lipinski definition) is 2. The molecule has 0 saturated carbocycles. The minimum atomic E-state index is 0. The van der Waals surface area contributed by atoms with Crippen molar-refractivity contribution in [3.05, 3.63) is 60.7 Å². The summed E-state index contributed by atoms with van der Waals surface area (Å²) in [6.45, 7) is 0. The molecule has 72 valence electrons. The number of aromatic hydroxyl groups is 1. The fourth-order valence-corrected chi connectivity index (χ4v) is 0.835. The molecule has 0 fully saturated rings. The molecule has 0 saturated heterocycles. The normalized spacial score (nSPS) is 8.00. The number of phenolic OH excluding ortho intramolecular Hbond substituents is 1. The average molecular weight is 209 g/mol. The molecule has 3 N–H and O–H groups in total. The smallest absolute Gasteiger partial charge is 0.508 e. The van der Waals surface area contributed by atoms with Gasteiger partial charge >= 0.3 is 29.6 Å². The van der Waals surface area contributed by atoms with Gasteiger partial charge in [0.2, 0.25) is 0 Å². The van der Waals surface area contributed by atoms with Crippen molar-refractivity contribution in [1.82, 2.24) is 0 Å². The molecule has 0 spiro atoms. The van der Waals surface area contributed by atoms with Crippen molar-refractivity contribution in [3.8, 4) is 5.75 Å². The van der Waals surface area contributed by atoms with Crippen molar-refractivity contribution in [2.24, 2.45) is 0 Å². The second-order valence-corrected chi connectivity index (χ2v) is 2.67. The molecule has 0 radical (unpaired) electrons. The maximum Gasteiger partial charge on any atom is 1.00 e. The van der Waals surface area contributed by atoms with Gasteiger partial charge in [-0.05, 0) is 12.1 Å². The van der Waals surface area contributed by atoms with Crippen LogP contribution in [-0.4, -0.2) is 5.11 Å². The van der Waals surface area contributed by atoms with Crippen molar-refractivity contribution in [3.63, 3.8) is 0 Å². The molecule has 0 unspecified atom stereocenters. The second kappa shape index (κ2) is 8.36. The number of rotatable bonds is 0. The van der Waals surface area contributed by atoms with Gasteiger partial charge in [-0.15, -0.1) is 0 Å². The number of nitrogen functional groups attached to an aromatic ring is 1. The van der Waals surface area contributed by atoms with Crippen LogP contribution in [0.1, 0.15) is 0 Å². The fraction of sp³-hybridized carbons (Fsp3) is 0. The van der Waals surface area contributed by atoms with E-state index in [1.807, 2.05) is 24.3 Å². The van der Waals surface area contributed by atoms with Crippen LogP contribution in [0, 0.1) is 6.07 Å². The fourth-order valence-electron chi connectivity index (χ4n) is 0.835. The predicted octanol–water partition coefficient (Wildman–Crippen LogP) is -0.535. The van der Waals surface area contributed by atoms with E-state index in [-0.39, 0.29) is 29.6 Å². The minimum Gasteiger partial charge on any atom is -0.508 e. The van der Waals surface area contributed by atoms with E-state index in [2.05, 4.69) is 6.07 Å². The van der Waals surface area contributed by atoms with E-state index in [0.717, 1.165) is 5.69 Å². The summed E-state index contributed by atoms with van der Waals surface area (Å²) < 4.78 is 0. The van der Waals surface area contributed by atoms with E-state index in [0.29, 0.717) is 5.75 Å². The Balaban J connectivity index is 0.000000245. The van der Waals surface area contributed by atoms with E-state index in [9.17, 15) is 0 Å². The Bertz CT molecular complexity index is 313. The average Bonchev–Trinajstić information content (AvgIpc) is 2.21. The Morgan fingerprint density at radius 2 is 1.67 bits per heavy atom. The molecule has 0 aliphatic heterocycles. The zero-order chi connectivity index (χ0) is 10.2. The van der Waals surface area contributed by atoms with Crippen LogP contribution in [-0.2, 0) is 0 Å². The Labute approximate surface area is 112 Å². The van der Waals surface area contributed by atoms with Crippen molar-refractivity contribution >= 4 is 5.69 Å². The third-order valence-corrected chi connectivity index (χ3v) is 1.49. The standard InChI is InChI=1S/C6H6N.C6H6O.Na/c2*7-6-4-2-1-3-5-6;/h1-2,4-5H,7H2;1-5,7H;/q-1;;+1. The molecule has 15 heavy (non-hydrogen) atoms. The van der Waals surface area contributed by atoms with Gasteiger partial charge < -0.3 is 10.8 Å². The van der Waals surface area contributed by atoms with Crippen LogP contribution in [0.2, 0.25) is 0 Å². The third kappa shape index (κ3) is 7.03. The Morgan fingerprint density at radius 3 is 1.93 bits per heavy atom. The van der Waals surface area contributed by atoms with E-state index in [1.165, 1.54) is 0 Å². The third-order valence-electron chi connectivity index (χ3n) is 1.49. The first-order valence-electron chi connectivity index (χ1n) is 4.24. The van der Waals surface area contributed by atoms with Crippen LogP contribution in [0.25, 0.3) is 0 Å². The number of benzene rings is 2. The Kier molecular flexibility index (Phi) is 7.82. The van der Waals surface area contributed by atoms with Crippen molar-refractivity contribution < 1.29 is 34.7 Å². The molecule has 2 nitrogen and oxygen atoms in total. The van der Waals surface area contributed by atoms with E-state index in [1.54, 1.807) is 30.3 Å². The molecule has 0 aliphatic carbocycles. The van der Waals surface area contributed by atoms with Gasteiger partial charge in [0.1, 0.15) is 5.75 Å². The molecule has 3 heteroatoms. The molecule has 2 aromatic carbocycles. The number of phenols is 1. The molecule has 0 aromatic heterocycles. The number of para-hydroxylation sites is 1. The minimum absolute atomic E-state index is 0. The van der Waals surface area contributed by atoms with Crippen LogP contribution in [0.3, 0.4) is 0 Å². The summed E-state index contributed by atoms with van der Waals surface area (Å²) in [5.41, 5.74) is 6.09.